The largest absolute Gasteiger partial charge is 0.478 e. The van der Waals surface area contributed by atoms with Crippen LogP contribution in [0.15, 0.2) is 53.4 Å². The number of anilines is 1. The Morgan fingerprint density at radius 1 is 0.963 bits per heavy atom. The van der Waals surface area contributed by atoms with Gasteiger partial charge < -0.3 is 10.0 Å². The maximum absolute atomic E-state index is 12.8. The van der Waals surface area contributed by atoms with E-state index >= 15 is 0 Å². The van der Waals surface area contributed by atoms with Gasteiger partial charge in [0, 0.05) is 13.1 Å². The molecule has 1 fully saturated rings. The van der Waals surface area contributed by atoms with Crippen molar-refractivity contribution >= 4 is 27.6 Å². The van der Waals surface area contributed by atoms with Gasteiger partial charge in [0.15, 0.2) is 0 Å². The Balaban J connectivity index is 1.90. The standard InChI is InChI=1S/C19H20N2O5S/c22-18(21-11-4-1-5-12-21)16-9-2-3-10-17(16)20-27(25,26)15-8-6-7-14(13-15)19(23)24/h2-3,6-10,13,20H,1,4-5,11-12H2,(H,23,24). The molecule has 1 saturated heterocycles. The molecule has 2 aromatic carbocycles. The fourth-order valence-corrected chi connectivity index (χ4v) is 4.15. The summed E-state index contributed by atoms with van der Waals surface area (Å²) in [4.78, 5) is 25.4. The molecule has 2 aromatic rings. The van der Waals surface area contributed by atoms with Crippen LogP contribution >= 0.6 is 0 Å². The number of benzene rings is 2. The number of likely N-dealkylation sites (tertiary alicyclic amines) is 1. The van der Waals surface area contributed by atoms with Gasteiger partial charge in [-0.25, -0.2) is 13.2 Å². The van der Waals surface area contributed by atoms with Crippen molar-refractivity contribution in [3.05, 3.63) is 59.7 Å². The molecule has 1 aliphatic heterocycles. The van der Waals surface area contributed by atoms with Gasteiger partial charge in [-0.2, -0.15) is 0 Å². The van der Waals surface area contributed by atoms with Gasteiger partial charge in [0.2, 0.25) is 0 Å². The number of hydrogen-bond acceptors (Lipinski definition) is 4. The lowest BCUT2D eigenvalue weighted by Crippen LogP contribution is -2.36. The van der Waals surface area contributed by atoms with E-state index in [1.54, 1.807) is 23.1 Å². The Morgan fingerprint density at radius 3 is 2.37 bits per heavy atom. The quantitative estimate of drug-likeness (QED) is 0.820. The van der Waals surface area contributed by atoms with E-state index in [-0.39, 0.29) is 27.6 Å². The minimum Gasteiger partial charge on any atom is -0.478 e. The monoisotopic (exact) mass is 388 g/mol. The van der Waals surface area contributed by atoms with Crippen molar-refractivity contribution < 1.29 is 23.1 Å². The maximum atomic E-state index is 12.8. The van der Waals surface area contributed by atoms with Crippen molar-refractivity contribution in [3.63, 3.8) is 0 Å². The highest BCUT2D eigenvalue weighted by Gasteiger charge is 2.23. The van der Waals surface area contributed by atoms with E-state index in [0.717, 1.165) is 25.3 Å². The number of sulfonamides is 1. The van der Waals surface area contributed by atoms with Crippen LogP contribution in [-0.4, -0.2) is 43.4 Å². The molecule has 0 saturated carbocycles. The Bertz CT molecular complexity index is 966. The summed E-state index contributed by atoms with van der Waals surface area (Å²) in [7, 11) is -4.04. The van der Waals surface area contributed by atoms with Crippen molar-refractivity contribution in [1.82, 2.24) is 4.90 Å². The first-order chi connectivity index (χ1) is 12.9. The third-order valence-corrected chi connectivity index (χ3v) is 5.80. The fraction of sp³-hybridized carbons (Fsp3) is 0.263. The topological polar surface area (TPSA) is 104 Å². The first-order valence-corrected chi connectivity index (χ1v) is 10.1. The highest BCUT2D eigenvalue weighted by molar-refractivity contribution is 7.92. The molecular weight excluding hydrogens is 368 g/mol. The van der Waals surface area contributed by atoms with Crippen molar-refractivity contribution in [2.24, 2.45) is 0 Å². The molecule has 0 aliphatic carbocycles. The minimum absolute atomic E-state index is 0.129. The zero-order valence-corrected chi connectivity index (χ0v) is 15.4. The van der Waals surface area contributed by atoms with Gasteiger partial charge in [-0.3, -0.25) is 9.52 Å². The Labute approximate surface area is 157 Å². The highest BCUT2D eigenvalue weighted by atomic mass is 32.2. The van der Waals surface area contributed by atoms with Crippen LogP contribution in [0.1, 0.15) is 40.0 Å². The van der Waals surface area contributed by atoms with Gasteiger partial charge in [0.05, 0.1) is 21.7 Å². The number of carboxylic acids is 1. The summed E-state index contributed by atoms with van der Waals surface area (Å²) in [6, 6.07) is 11.5. The van der Waals surface area contributed by atoms with E-state index in [0.29, 0.717) is 13.1 Å². The van der Waals surface area contributed by atoms with E-state index in [9.17, 15) is 18.0 Å². The third kappa shape index (κ3) is 4.28. The lowest BCUT2D eigenvalue weighted by molar-refractivity contribution is 0.0694. The van der Waals surface area contributed by atoms with E-state index < -0.39 is 16.0 Å². The number of nitrogens with one attached hydrogen (secondary N) is 1. The molecule has 0 atom stereocenters. The molecule has 3 rings (SSSR count). The number of piperidine rings is 1. The summed E-state index contributed by atoms with van der Waals surface area (Å²) in [5, 5.41) is 9.06. The van der Waals surface area contributed by atoms with Crippen LogP contribution in [0.5, 0.6) is 0 Å². The molecule has 8 heteroatoms. The van der Waals surface area contributed by atoms with E-state index in [2.05, 4.69) is 4.72 Å². The molecule has 0 radical (unpaired) electrons. The second-order valence-corrected chi connectivity index (χ2v) is 8.02. The molecule has 2 N–H and O–H groups in total. The number of hydrogen-bond donors (Lipinski definition) is 2. The van der Waals surface area contributed by atoms with E-state index in [1.165, 1.54) is 24.3 Å². The Morgan fingerprint density at radius 2 is 1.67 bits per heavy atom. The number of nitrogens with zero attached hydrogens (tertiary/aromatic N) is 1. The number of carbonyl (C=O) groups excluding carboxylic acids is 1. The summed E-state index contributed by atoms with van der Waals surface area (Å²) in [6.07, 6.45) is 2.95. The van der Waals surface area contributed by atoms with Crippen LogP contribution in [0.25, 0.3) is 0 Å². The SMILES string of the molecule is O=C(O)c1cccc(S(=O)(=O)Nc2ccccc2C(=O)N2CCCCC2)c1. The number of para-hydroxylation sites is 1. The van der Waals surface area contributed by atoms with Gasteiger partial charge >= 0.3 is 5.97 Å². The number of rotatable bonds is 5. The molecule has 0 spiro atoms. The second-order valence-electron chi connectivity index (χ2n) is 6.34. The fourth-order valence-electron chi connectivity index (χ4n) is 3.03. The Kier molecular flexibility index (Phi) is 5.46. The van der Waals surface area contributed by atoms with E-state index in [4.69, 9.17) is 5.11 Å². The molecule has 7 nitrogen and oxygen atoms in total. The smallest absolute Gasteiger partial charge is 0.335 e. The maximum Gasteiger partial charge on any atom is 0.335 e. The molecule has 27 heavy (non-hydrogen) atoms. The molecule has 0 bridgehead atoms. The summed E-state index contributed by atoms with van der Waals surface area (Å²) in [5.41, 5.74) is 0.321. The molecule has 142 valence electrons. The van der Waals surface area contributed by atoms with E-state index in [1.807, 2.05) is 0 Å². The molecule has 1 aliphatic rings. The van der Waals surface area contributed by atoms with Crippen LogP contribution in [0.3, 0.4) is 0 Å². The first kappa shape index (κ1) is 18.9. The molecule has 0 unspecified atom stereocenters. The van der Waals surface area contributed by atoms with Crippen LogP contribution in [0.4, 0.5) is 5.69 Å². The number of carboxylic acid groups (broad SMARTS) is 1. The van der Waals surface area contributed by atoms with Gasteiger partial charge in [-0.1, -0.05) is 18.2 Å². The van der Waals surface area contributed by atoms with Crippen LogP contribution in [-0.2, 0) is 10.0 Å². The zero-order chi connectivity index (χ0) is 19.4. The number of amides is 1. The summed E-state index contributed by atoms with van der Waals surface area (Å²) in [6.45, 7) is 1.31. The van der Waals surface area contributed by atoms with Gasteiger partial charge in [0.25, 0.3) is 15.9 Å². The predicted octanol–water partition coefficient (Wildman–Crippen LogP) is 2.81. The first-order valence-electron chi connectivity index (χ1n) is 8.63. The second kappa shape index (κ2) is 7.79. The lowest BCUT2D eigenvalue weighted by atomic mass is 10.1. The molecule has 0 aromatic heterocycles. The van der Waals surface area contributed by atoms with Crippen LogP contribution in [0.2, 0.25) is 0 Å². The Hall–Kier alpha value is -2.87. The summed E-state index contributed by atoms with van der Waals surface area (Å²) in [5.74, 6) is -1.43. The van der Waals surface area contributed by atoms with Gasteiger partial charge in [-0.05, 0) is 49.6 Å². The minimum atomic E-state index is -4.04. The van der Waals surface area contributed by atoms with Crippen LogP contribution in [0, 0.1) is 0 Å². The van der Waals surface area contributed by atoms with Crippen molar-refractivity contribution in [2.75, 3.05) is 17.8 Å². The average molecular weight is 388 g/mol. The normalized spacial score (nSPS) is 14.6. The van der Waals surface area contributed by atoms with Gasteiger partial charge in [0.1, 0.15) is 0 Å². The summed E-state index contributed by atoms with van der Waals surface area (Å²) < 4.78 is 27.8. The molecule has 1 heterocycles. The number of carbonyl (C=O) groups is 2. The van der Waals surface area contributed by atoms with Crippen molar-refractivity contribution in [1.29, 1.82) is 0 Å². The molecule has 1 amide bonds. The third-order valence-electron chi connectivity index (χ3n) is 4.44. The van der Waals surface area contributed by atoms with Gasteiger partial charge in [-0.15, -0.1) is 0 Å². The lowest BCUT2D eigenvalue weighted by Gasteiger charge is -2.27. The highest BCUT2D eigenvalue weighted by Crippen LogP contribution is 2.23. The summed E-state index contributed by atoms with van der Waals surface area (Å²) >= 11 is 0. The predicted molar refractivity (Wildman–Crippen MR) is 100 cm³/mol. The molecular formula is C19H20N2O5S. The van der Waals surface area contributed by atoms with Crippen molar-refractivity contribution in [3.8, 4) is 0 Å². The zero-order valence-electron chi connectivity index (χ0n) is 14.6. The van der Waals surface area contributed by atoms with Crippen LogP contribution < -0.4 is 4.72 Å². The average Bonchev–Trinajstić information content (AvgIpc) is 2.68. The number of aromatic carboxylic acids is 1. The van der Waals surface area contributed by atoms with Crippen molar-refractivity contribution in [2.45, 2.75) is 24.2 Å².